The average molecular weight is 1350 g/mol. The van der Waals surface area contributed by atoms with E-state index in [-0.39, 0.29) is 25.7 Å². The molecule has 0 aliphatic carbocycles. The second kappa shape index (κ2) is 66.3. The predicted octanol–water partition coefficient (Wildman–Crippen LogP) is 21.3. The Balaban J connectivity index is 5.20. The molecule has 0 aliphatic heterocycles. The Labute approximate surface area is 562 Å². The van der Waals surface area contributed by atoms with Crippen LogP contribution in [0.5, 0.6) is 0 Å². The molecule has 19 heteroatoms. The first-order valence-electron chi connectivity index (χ1n) is 38.1. The van der Waals surface area contributed by atoms with E-state index in [1.165, 1.54) is 205 Å². The van der Waals surface area contributed by atoms with Gasteiger partial charge in [0.05, 0.1) is 26.4 Å². The summed E-state index contributed by atoms with van der Waals surface area (Å²) in [6.45, 7) is 7.23. The van der Waals surface area contributed by atoms with E-state index in [1.807, 2.05) is 0 Å². The van der Waals surface area contributed by atoms with Crippen molar-refractivity contribution in [3.8, 4) is 0 Å². The summed E-state index contributed by atoms with van der Waals surface area (Å²) in [5.41, 5.74) is 0. The van der Waals surface area contributed by atoms with Crippen LogP contribution in [0.25, 0.3) is 0 Å². The molecular formula is C73H142O17P2. The zero-order valence-corrected chi connectivity index (χ0v) is 61.5. The number of phosphoric ester groups is 2. The van der Waals surface area contributed by atoms with E-state index in [0.717, 1.165) is 95.8 Å². The van der Waals surface area contributed by atoms with Gasteiger partial charge < -0.3 is 33.8 Å². The number of hydrogen-bond donors (Lipinski definition) is 3. The molecule has 2 unspecified atom stereocenters. The Morgan fingerprint density at radius 2 is 0.500 bits per heavy atom. The van der Waals surface area contributed by atoms with Crippen molar-refractivity contribution in [1.29, 1.82) is 0 Å². The van der Waals surface area contributed by atoms with E-state index < -0.39 is 97.5 Å². The first-order valence-corrected chi connectivity index (χ1v) is 41.1. The minimum Gasteiger partial charge on any atom is -0.462 e. The van der Waals surface area contributed by atoms with Crippen molar-refractivity contribution >= 4 is 39.5 Å². The first-order chi connectivity index (χ1) is 44.5. The van der Waals surface area contributed by atoms with Crippen molar-refractivity contribution in [2.24, 2.45) is 5.92 Å². The lowest BCUT2D eigenvalue weighted by Gasteiger charge is -2.21. The largest absolute Gasteiger partial charge is 0.472 e. The standard InChI is InChI=1S/C73H142O17P2/c1-6-9-12-15-18-21-24-25-26-27-28-29-30-31-34-37-44-49-54-59-73(78)90-69(63-84-71(76)57-52-47-42-39-38-40-45-50-55-66(4)5)65-88-92(81,82)86-61-67(74)60-85-91(79,80)87-64-68(89-72(77)58-53-48-43-36-33-23-20-17-14-11-8-3)62-83-70(75)56-51-46-41-35-32-22-19-16-13-10-7-2/h66-69,74H,6-65H2,1-5H3,(H,79,80)(H,81,82)/t67-,68+,69+/m0/s1. The Morgan fingerprint density at radius 1 is 0.293 bits per heavy atom. The number of carbonyl (C=O) groups excluding carboxylic acids is 4. The van der Waals surface area contributed by atoms with Crippen LogP contribution in [0.15, 0.2) is 0 Å². The van der Waals surface area contributed by atoms with Crippen molar-refractivity contribution in [3.05, 3.63) is 0 Å². The van der Waals surface area contributed by atoms with Gasteiger partial charge in [-0.05, 0) is 31.6 Å². The Hall–Kier alpha value is -1.94. The maximum Gasteiger partial charge on any atom is 0.472 e. The van der Waals surface area contributed by atoms with E-state index in [4.69, 9.17) is 37.0 Å². The zero-order chi connectivity index (χ0) is 67.7. The molecule has 92 heavy (non-hydrogen) atoms. The third-order valence-corrected chi connectivity index (χ3v) is 18.9. The van der Waals surface area contributed by atoms with Crippen LogP contribution in [0.4, 0.5) is 0 Å². The second-order valence-corrected chi connectivity index (χ2v) is 29.7. The van der Waals surface area contributed by atoms with Crippen molar-refractivity contribution in [3.63, 3.8) is 0 Å². The molecule has 0 rings (SSSR count). The van der Waals surface area contributed by atoms with Crippen molar-refractivity contribution in [2.75, 3.05) is 39.6 Å². The summed E-state index contributed by atoms with van der Waals surface area (Å²) in [7, 11) is -9.90. The van der Waals surface area contributed by atoms with Gasteiger partial charge in [-0.25, -0.2) is 9.13 Å². The van der Waals surface area contributed by atoms with Crippen LogP contribution >= 0.6 is 15.6 Å². The zero-order valence-electron chi connectivity index (χ0n) is 59.7. The Bertz CT molecular complexity index is 1770. The van der Waals surface area contributed by atoms with Gasteiger partial charge in [0, 0.05) is 25.7 Å². The molecule has 0 bridgehead atoms. The summed E-state index contributed by atoms with van der Waals surface area (Å²) in [6, 6.07) is 0. The van der Waals surface area contributed by atoms with Crippen LogP contribution in [-0.2, 0) is 65.4 Å². The lowest BCUT2D eigenvalue weighted by atomic mass is 10.0. The monoisotopic (exact) mass is 1350 g/mol. The molecule has 0 amide bonds. The van der Waals surface area contributed by atoms with Crippen LogP contribution in [0.1, 0.15) is 381 Å². The molecule has 0 aliphatic rings. The average Bonchev–Trinajstić information content (AvgIpc) is 1.72. The van der Waals surface area contributed by atoms with Crippen LogP contribution in [-0.4, -0.2) is 96.7 Å². The number of aliphatic hydroxyl groups excluding tert-OH is 1. The molecule has 0 saturated heterocycles. The van der Waals surface area contributed by atoms with Gasteiger partial charge in [-0.2, -0.15) is 0 Å². The fourth-order valence-corrected chi connectivity index (χ4v) is 12.8. The number of esters is 4. The highest BCUT2D eigenvalue weighted by Crippen LogP contribution is 2.45. The van der Waals surface area contributed by atoms with Crippen LogP contribution in [0.3, 0.4) is 0 Å². The molecule has 0 aromatic rings. The second-order valence-electron chi connectivity index (χ2n) is 26.8. The van der Waals surface area contributed by atoms with Crippen LogP contribution in [0.2, 0.25) is 0 Å². The molecule has 0 aromatic heterocycles. The van der Waals surface area contributed by atoms with Gasteiger partial charge in [0.1, 0.15) is 19.3 Å². The van der Waals surface area contributed by atoms with Crippen molar-refractivity contribution < 1.29 is 80.2 Å². The van der Waals surface area contributed by atoms with E-state index in [0.29, 0.717) is 25.7 Å². The molecule has 3 N–H and O–H groups in total. The van der Waals surface area contributed by atoms with Crippen LogP contribution in [0, 0.1) is 5.92 Å². The highest BCUT2D eigenvalue weighted by Gasteiger charge is 2.30. The minimum atomic E-state index is -4.95. The predicted molar refractivity (Wildman–Crippen MR) is 372 cm³/mol. The summed E-state index contributed by atoms with van der Waals surface area (Å²) < 4.78 is 68.4. The minimum absolute atomic E-state index is 0.107. The number of ether oxygens (including phenoxy) is 4. The molecule has 546 valence electrons. The van der Waals surface area contributed by atoms with E-state index in [9.17, 15) is 43.2 Å². The third-order valence-electron chi connectivity index (χ3n) is 17.0. The van der Waals surface area contributed by atoms with Gasteiger partial charge in [0.2, 0.25) is 0 Å². The smallest absolute Gasteiger partial charge is 0.462 e. The number of phosphoric acid groups is 2. The summed E-state index contributed by atoms with van der Waals surface area (Å²) in [4.78, 5) is 72.6. The van der Waals surface area contributed by atoms with Gasteiger partial charge in [0.15, 0.2) is 12.2 Å². The summed E-state index contributed by atoms with van der Waals surface area (Å²) in [6.07, 6.45) is 54.1. The van der Waals surface area contributed by atoms with Gasteiger partial charge in [-0.3, -0.25) is 37.3 Å². The maximum atomic E-state index is 13.0. The fraction of sp³-hybridized carbons (Fsp3) is 0.945. The topological polar surface area (TPSA) is 237 Å². The highest BCUT2D eigenvalue weighted by molar-refractivity contribution is 7.47. The SMILES string of the molecule is CCCCCCCCCCCCCCCCCCCCCC(=O)O[C@H](COC(=O)CCCCCCCCCCC(C)C)COP(=O)(O)OC[C@@H](O)COP(=O)(O)OC[C@@H](COC(=O)CCCCCCCCCCCCC)OC(=O)CCCCCCCCCCCCC. The highest BCUT2D eigenvalue weighted by atomic mass is 31.2. The number of aliphatic hydroxyl groups is 1. The summed E-state index contributed by atoms with van der Waals surface area (Å²) in [5.74, 6) is -1.39. The molecular weight excluding hydrogens is 1210 g/mol. The van der Waals surface area contributed by atoms with Gasteiger partial charge in [-0.1, -0.05) is 330 Å². The van der Waals surface area contributed by atoms with Gasteiger partial charge in [-0.15, -0.1) is 0 Å². The quantitative estimate of drug-likeness (QED) is 0.0222. The number of rotatable bonds is 73. The summed E-state index contributed by atoms with van der Waals surface area (Å²) in [5, 5.41) is 10.6. The number of hydrogen-bond acceptors (Lipinski definition) is 15. The van der Waals surface area contributed by atoms with Gasteiger partial charge >= 0.3 is 39.5 Å². The maximum absolute atomic E-state index is 13.0. The first kappa shape index (κ1) is 90.1. The fourth-order valence-electron chi connectivity index (χ4n) is 11.2. The van der Waals surface area contributed by atoms with Crippen molar-refractivity contribution in [1.82, 2.24) is 0 Å². The van der Waals surface area contributed by atoms with E-state index in [2.05, 4.69) is 34.6 Å². The lowest BCUT2D eigenvalue weighted by Crippen LogP contribution is -2.30. The van der Waals surface area contributed by atoms with Gasteiger partial charge in [0.25, 0.3) is 0 Å². The van der Waals surface area contributed by atoms with Crippen LogP contribution < -0.4 is 0 Å². The Morgan fingerprint density at radius 3 is 0.739 bits per heavy atom. The molecule has 17 nitrogen and oxygen atoms in total. The number of carbonyl (C=O) groups is 4. The molecule has 0 aromatic carbocycles. The molecule has 0 fully saturated rings. The lowest BCUT2D eigenvalue weighted by molar-refractivity contribution is -0.161. The molecule has 5 atom stereocenters. The number of unbranched alkanes of at least 4 members (excludes halogenated alkanes) is 45. The molecule has 0 heterocycles. The normalized spacial score (nSPS) is 14.0. The van der Waals surface area contributed by atoms with E-state index >= 15 is 0 Å². The summed E-state index contributed by atoms with van der Waals surface area (Å²) >= 11 is 0. The molecule has 0 spiro atoms. The molecule has 0 radical (unpaired) electrons. The van der Waals surface area contributed by atoms with Crippen molar-refractivity contribution in [2.45, 2.75) is 400 Å². The molecule has 0 saturated carbocycles. The third kappa shape index (κ3) is 66.7. The Kier molecular flexibility index (Phi) is 64.9. The van der Waals surface area contributed by atoms with E-state index in [1.54, 1.807) is 0 Å².